The second kappa shape index (κ2) is 4.23. The van der Waals surface area contributed by atoms with Crippen molar-refractivity contribution in [2.75, 3.05) is 0 Å². The van der Waals surface area contributed by atoms with Crippen LogP contribution in [0.4, 0.5) is 0 Å². The Morgan fingerprint density at radius 1 is 0.700 bits per heavy atom. The Kier molecular flexibility index (Phi) is 5.80. The molecule has 0 fully saturated rings. The molecule has 0 N–H and O–H groups in total. The first-order valence-electron chi connectivity index (χ1n) is 3.45. The van der Waals surface area contributed by atoms with Gasteiger partial charge in [0.1, 0.15) is 0 Å². The summed E-state index contributed by atoms with van der Waals surface area (Å²) in [7, 11) is -2.21. The molecule has 0 bridgehead atoms. The fourth-order valence-electron chi connectivity index (χ4n) is 1.01. The Morgan fingerprint density at radius 2 is 0.900 bits per heavy atom. The fraction of sp³-hybridized carbons (Fsp3) is 1.00. The molecule has 0 rings (SSSR count). The van der Waals surface area contributed by atoms with Gasteiger partial charge in [0.15, 0.2) is 0 Å². The van der Waals surface area contributed by atoms with Crippen LogP contribution in [0.2, 0.25) is 39.3 Å². The molecule has 0 heterocycles. The molecular formula is C6H18AuNSi2. The molecule has 0 atom stereocenters. The maximum atomic E-state index is 4.82. The van der Waals surface area contributed by atoms with Gasteiger partial charge < -0.3 is 4.65 Å². The van der Waals surface area contributed by atoms with Crippen LogP contribution in [0.3, 0.4) is 0 Å². The monoisotopic (exact) mass is 357 g/mol. The summed E-state index contributed by atoms with van der Waals surface area (Å²) in [5, 5.41) is 0. The van der Waals surface area contributed by atoms with Crippen molar-refractivity contribution in [2.45, 2.75) is 39.3 Å². The third-order valence-electron chi connectivity index (χ3n) is 0.671. The van der Waals surface area contributed by atoms with Gasteiger partial charge in [0, 0.05) is 0 Å². The van der Waals surface area contributed by atoms with Crippen LogP contribution in [0, 0.1) is 0 Å². The predicted molar refractivity (Wildman–Crippen MR) is 50.1 cm³/mol. The molecule has 0 saturated carbocycles. The normalized spacial score (nSPS) is 12.6. The van der Waals surface area contributed by atoms with E-state index >= 15 is 0 Å². The fourth-order valence-corrected chi connectivity index (χ4v) is 9.06. The van der Waals surface area contributed by atoms with Gasteiger partial charge in [-0.1, -0.05) is 55.8 Å². The van der Waals surface area contributed by atoms with Crippen molar-refractivity contribution in [1.82, 2.24) is 0 Å². The van der Waals surface area contributed by atoms with Crippen LogP contribution in [-0.2, 0) is 22.4 Å². The molecule has 0 aromatic heterocycles. The number of nitrogens with zero attached hydrogens (tertiary/aromatic N) is 1. The topological polar surface area (TPSA) is 14.1 Å². The summed E-state index contributed by atoms with van der Waals surface area (Å²) < 4.78 is 4.82. The molecule has 0 spiro atoms. The van der Waals surface area contributed by atoms with E-state index in [1.165, 1.54) is 0 Å². The van der Waals surface area contributed by atoms with E-state index in [-0.39, 0.29) is 22.4 Å². The Hall–Kier alpha value is 1.13. The van der Waals surface area contributed by atoms with Crippen LogP contribution in [-0.4, -0.2) is 16.5 Å². The first-order chi connectivity index (χ1) is 3.71. The second-order valence-electron chi connectivity index (χ2n) is 4.45. The van der Waals surface area contributed by atoms with E-state index in [2.05, 4.69) is 39.3 Å². The summed E-state index contributed by atoms with van der Waals surface area (Å²) in [6, 6.07) is 0. The zero-order valence-corrected chi connectivity index (χ0v) is 11.9. The van der Waals surface area contributed by atoms with Gasteiger partial charge in [0.05, 0.1) is 0 Å². The smallest absolute Gasteiger partial charge is 0.668 e. The molecule has 10 heavy (non-hydrogen) atoms. The van der Waals surface area contributed by atoms with Gasteiger partial charge in [-0.25, -0.2) is 0 Å². The first-order valence-corrected chi connectivity index (χ1v) is 10.3. The van der Waals surface area contributed by atoms with E-state index in [0.717, 1.165) is 0 Å². The van der Waals surface area contributed by atoms with Gasteiger partial charge in [-0.3, -0.25) is 0 Å². The summed E-state index contributed by atoms with van der Waals surface area (Å²) in [6.07, 6.45) is 0. The van der Waals surface area contributed by atoms with Crippen molar-refractivity contribution in [3.05, 3.63) is 4.65 Å². The van der Waals surface area contributed by atoms with Crippen molar-refractivity contribution in [3.63, 3.8) is 0 Å². The predicted octanol–water partition coefficient (Wildman–Crippen LogP) is 3.03. The summed E-state index contributed by atoms with van der Waals surface area (Å²) in [4.78, 5) is 0. The molecule has 4 heteroatoms. The van der Waals surface area contributed by atoms with Crippen molar-refractivity contribution in [3.8, 4) is 0 Å². The van der Waals surface area contributed by atoms with E-state index in [4.69, 9.17) is 4.65 Å². The number of rotatable bonds is 2. The van der Waals surface area contributed by atoms with Crippen LogP contribution in [0.5, 0.6) is 0 Å². The molecule has 0 aromatic carbocycles. The quantitative estimate of drug-likeness (QED) is 0.675. The van der Waals surface area contributed by atoms with Crippen molar-refractivity contribution in [2.24, 2.45) is 0 Å². The Morgan fingerprint density at radius 3 is 0.900 bits per heavy atom. The second-order valence-corrected chi connectivity index (χ2v) is 14.0. The zero-order valence-electron chi connectivity index (χ0n) is 7.75. The maximum Gasteiger partial charge on any atom is 1.00 e. The van der Waals surface area contributed by atoms with Gasteiger partial charge in [-0.05, 0) is 0 Å². The molecule has 0 aliphatic heterocycles. The third kappa shape index (κ3) is 11.9. The Labute approximate surface area is 82.7 Å². The van der Waals surface area contributed by atoms with E-state index in [0.29, 0.717) is 0 Å². The van der Waals surface area contributed by atoms with Crippen LogP contribution in [0.1, 0.15) is 0 Å². The minimum atomic E-state index is -1.11. The van der Waals surface area contributed by atoms with Crippen molar-refractivity contribution < 1.29 is 22.4 Å². The standard InChI is InChI=1S/C6H18NSi2.Au/c1-8(2,3)7-9(4,5)6;/h1-6H3;/q-1;+1. The molecule has 0 unspecified atom stereocenters. The first kappa shape index (κ1) is 13.7. The minimum absolute atomic E-state index is 0. The van der Waals surface area contributed by atoms with E-state index < -0.39 is 16.5 Å². The molecule has 0 saturated heterocycles. The van der Waals surface area contributed by atoms with Gasteiger partial charge in [0.2, 0.25) is 0 Å². The minimum Gasteiger partial charge on any atom is -0.668 e. The molecule has 66 valence electrons. The van der Waals surface area contributed by atoms with E-state index in [1.54, 1.807) is 0 Å². The SMILES string of the molecule is C[Si](C)(C)[N-][Si](C)(C)C.[Au+]. The maximum absolute atomic E-state index is 4.82. The third-order valence-corrected chi connectivity index (χ3v) is 6.04. The average Bonchev–Trinajstić information content (AvgIpc) is 1.14. The summed E-state index contributed by atoms with van der Waals surface area (Å²) in [6.45, 7) is 13.8. The molecule has 0 aliphatic carbocycles. The molecule has 0 radical (unpaired) electrons. The summed E-state index contributed by atoms with van der Waals surface area (Å²) in [5.74, 6) is 0. The van der Waals surface area contributed by atoms with E-state index in [1.807, 2.05) is 0 Å². The molecular weight excluding hydrogens is 339 g/mol. The summed E-state index contributed by atoms with van der Waals surface area (Å²) in [5.41, 5.74) is 0. The van der Waals surface area contributed by atoms with E-state index in [9.17, 15) is 0 Å². The zero-order chi connectivity index (χ0) is 7.71. The van der Waals surface area contributed by atoms with Crippen LogP contribution in [0.15, 0.2) is 0 Å². The molecule has 0 aromatic rings. The number of hydrogen-bond donors (Lipinski definition) is 0. The number of hydrogen-bond acceptors (Lipinski definition) is 0. The van der Waals surface area contributed by atoms with Crippen molar-refractivity contribution in [1.29, 1.82) is 0 Å². The summed E-state index contributed by atoms with van der Waals surface area (Å²) >= 11 is 0. The Bertz CT molecular complexity index is 80.9. The van der Waals surface area contributed by atoms with Crippen LogP contribution >= 0.6 is 0 Å². The van der Waals surface area contributed by atoms with Gasteiger partial charge in [-0.15, -0.1) is 0 Å². The average molecular weight is 357 g/mol. The van der Waals surface area contributed by atoms with Gasteiger partial charge in [-0.2, -0.15) is 0 Å². The largest absolute Gasteiger partial charge is 1.00 e. The van der Waals surface area contributed by atoms with Gasteiger partial charge in [0.25, 0.3) is 0 Å². The Balaban J connectivity index is 0. The molecule has 1 nitrogen and oxygen atoms in total. The van der Waals surface area contributed by atoms with Crippen molar-refractivity contribution >= 4 is 16.5 Å². The van der Waals surface area contributed by atoms with Crippen LogP contribution in [0.25, 0.3) is 4.65 Å². The van der Waals surface area contributed by atoms with Gasteiger partial charge >= 0.3 is 22.4 Å². The molecule has 0 amide bonds. The molecule has 0 aliphatic rings. The van der Waals surface area contributed by atoms with Crippen LogP contribution < -0.4 is 0 Å².